The van der Waals surface area contributed by atoms with Crippen molar-refractivity contribution in [3.8, 4) is 5.75 Å². The average Bonchev–Trinajstić information content (AvgIpc) is 2.70. The SMILES string of the molecule is Br.Cc1cc(F)ccc1Nc1nc(N(C)c2ccccc2)c2cccc(O)c2n1. The van der Waals surface area contributed by atoms with Crippen molar-refractivity contribution in [1.29, 1.82) is 0 Å². The molecule has 3 aromatic carbocycles. The number of aryl methyl sites for hydroxylation is 1. The standard InChI is InChI=1S/C22H19FN4O.BrH/c1-14-13-15(23)11-12-18(14)24-22-25-20-17(9-6-10-19(20)28)21(26-22)27(2)16-7-4-3-5-8-16;/h3-13,28H,1-2H3,(H,24,25,26);1H. The summed E-state index contributed by atoms with van der Waals surface area (Å²) < 4.78 is 13.4. The van der Waals surface area contributed by atoms with Crippen molar-refractivity contribution in [2.45, 2.75) is 6.92 Å². The van der Waals surface area contributed by atoms with E-state index in [9.17, 15) is 9.50 Å². The third kappa shape index (κ3) is 4.14. The Kier molecular flexibility index (Phi) is 5.98. The van der Waals surface area contributed by atoms with E-state index >= 15 is 0 Å². The molecule has 0 unspecified atom stereocenters. The molecule has 0 saturated carbocycles. The number of hydrogen-bond donors (Lipinski definition) is 2. The van der Waals surface area contributed by atoms with Gasteiger partial charge in [0.25, 0.3) is 0 Å². The lowest BCUT2D eigenvalue weighted by Gasteiger charge is -2.21. The van der Waals surface area contributed by atoms with E-state index in [2.05, 4.69) is 15.3 Å². The van der Waals surface area contributed by atoms with Crippen LogP contribution in [0.2, 0.25) is 0 Å². The highest BCUT2D eigenvalue weighted by atomic mass is 79.9. The number of halogens is 2. The van der Waals surface area contributed by atoms with E-state index in [4.69, 9.17) is 0 Å². The molecule has 1 aromatic heterocycles. The molecule has 0 aliphatic rings. The second-order valence-electron chi connectivity index (χ2n) is 6.52. The number of phenols is 1. The summed E-state index contributed by atoms with van der Waals surface area (Å²) in [5.74, 6) is 0.738. The normalized spacial score (nSPS) is 10.4. The van der Waals surface area contributed by atoms with Crippen molar-refractivity contribution in [1.82, 2.24) is 9.97 Å². The maximum atomic E-state index is 13.4. The van der Waals surface area contributed by atoms with Crippen LogP contribution in [0.15, 0.2) is 66.7 Å². The lowest BCUT2D eigenvalue weighted by atomic mass is 10.2. The highest BCUT2D eigenvalue weighted by molar-refractivity contribution is 8.93. The van der Waals surface area contributed by atoms with Crippen LogP contribution in [0, 0.1) is 12.7 Å². The second kappa shape index (κ2) is 8.45. The van der Waals surface area contributed by atoms with Crippen molar-refractivity contribution in [3.05, 3.63) is 78.1 Å². The minimum atomic E-state index is -0.301. The first kappa shape index (κ1) is 20.5. The van der Waals surface area contributed by atoms with Crippen molar-refractivity contribution in [3.63, 3.8) is 0 Å². The van der Waals surface area contributed by atoms with Gasteiger partial charge in [-0.25, -0.2) is 9.37 Å². The molecule has 1 heterocycles. The zero-order chi connectivity index (χ0) is 19.7. The van der Waals surface area contributed by atoms with E-state index in [0.29, 0.717) is 23.0 Å². The summed E-state index contributed by atoms with van der Waals surface area (Å²) in [5, 5.41) is 14.2. The Hall–Kier alpha value is -3.19. The molecular formula is C22H20BrFN4O. The lowest BCUT2D eigenvalue weighted by molar-refractivity contribution is 0.480. The number of hydrogen-bond acceptors (Lipinski definition) is 5. The van der Waals surface area contributed by atoms with E-state index in [0.717, 1.165) is 16.6 Å². The zero-order valence-electron chi connectivity index (χ0n) is 15.9. The number of benzene rings is 3. The molecule has 7 heteroatoms. The Morgan fingerprint density at radius 1 is 0.966 bits per heavy atom. The van der Waals surface area contributed by atoms with Gasteiger partial charge in [0.05, 0.1) is 0 Å². The van der Waals surface area contributed by atoms with E-state index in [1.54, 1.807) is 25.1 Å². The smallest absolute Gasteiger partial charge is 0.229 e. The van der Waals surface area contributed by atoms with E-state index in [1.807, 2.05) is 48.3 Å². The molecule has 5 nitrogen and oxygen atoms in total. The third-order valence-corrected chi connectivity index (χ3v) is 4.58. The summed E-state index contributed by atoms with van der Waals surface area (Å²) in [6, 6.07) is 19.5. The van der Waals surface area contributed by atoms with Gasteiger partial charge in [0, 0.05) is 23.8 Å². The van der Waals surface area contributed by atoms with Crippen LogP contribution in [0.3, 0.4) is 0 Å². The third-order valence-electron chi connectivity index (χ3n) is 4.58. The summed E-state index contributed by atoms with van der Waals surface area (Å²) in [4.78, 5) is 11.1. The maximum Gasteiger partial charge on any atom is 0.229 e. The molecular weight excluding hydrogens is 435 g/mol. The van der Waals surface area contributed by atoms with Crippen molar-refractivity contribution < 1.29 is 9.50 Å². The fraction of sp³-hybridized carbons (Fsp3) is 0.0909. The first-order chi connectivity index (χ1) is 13.5. The highest BCUT2D eigenvalue weighted by Crippen LogP contribution is 2.34. The van der Waals surface area contributed by atoms with Gasteiger partial charge >= 0.3 is 0 Å². The van der Waals surface area contributed by atoms with Gasteiger partial charge in [0.15, 0.2) is 0 Å². The Bertz CT molecular complexity index is 1150. The second-order valence-corrected chi connectivity index (χ2v) is 6.52. The fourth-order valence-corrected chi connectivity index (χ4v) is 3.09. The molecule has 0 saturated heterocycles. The molecule has 0 spiro atoms. The number of aromatic hydroxyl groups is 1. The number of fused-ring (bicyclic) bond motifs is 1. The van der Waals surface area contributed by atoms with Crippen LogP contribution in [0.25, 0.3) is 10.9 Å². The molecule has 0 bridgehead atoms. The van der Waals surface area contributed by atoms with Crippen LogP contribution in [0.5, 0.6) is 5.75 Å². The molecule has 0 aliphatic heterocycles. The first-order valence-electron chi connectivity index (χ1n) is 8.84. The molecule has 0 atom stereocenters. The maximum absolute atomic E-state index is 13.4. The van der Waals surface area contributed by atoms with Crippen molar-refractivity contribution in [2.75, 3.05) is 17.3 Å². The molecule has 0 fully saturated rings. The Morgan fingerprint density at radius 3 is 2.45 bits per heavy atom. The fourth-order valence-electron chi connectivity index (χ4n) is 3.09. The number of rotatable bonds is 4. The molecule has 2 N–H and O–H groups in total. The minimum Gasteiger partial charge on any atom is -0.506 e. The van der Waals surface area contributed by atoms with Crippen LogP contribution < -0.4 is 10.2 Å². The Balaban J connectivity index is 0.00000240. The summed E-state index contributed by atoms with van der Waals surface area (Å²) >= 11 is 0. The van der Waals surface area contributed by atoms with Gasteiger partial charge in [-0.2, -0.15) is 4.98 Å². The summed E-state index contributed by atoms with van der Waals surface area (Å²) in [5.41, 5.74) is 2.83. The lowest BCUT2D eigenvalue weighted by Crippen LogP contribution is -2.13. The van der Waals surface area contributed by atoms with Gasteiger partial charge < -0.3 is 15.3 Å². The summed E-state index contributed by atoms with van der Waals surface area (Å²) in [7, 11) is 1.91. The monoisotopic (exact) mass is 454 g/mol. The van der Waals surface area contributed by atoms with Gasteiger partial charge in [0.2, 0.25) is 5.95 Å². The number of aromatic nitrogens is 2. The number of nitrogens with one attached hydrogen (secondary N) is 1. The van der Waals surface area contributed by atoms with Gasteiger partial charge in [-0.3, -0.25) is 0 Å². The minimum absolute atomic E-state index is 0. The predicted molar refractivity (Wildman–Crippen MR) is 120 cm³/mol. The van der Waals surface area contributed by atoms with Gasteiger partial charge in [-0.05, 0) is 55.0 Å². The van der Waals surface area contributed by atoms with Crippen LogP contribution in [-0.2, 0) is 0 Å². The van der Waals surface area contributed by atoms with Crippen molar-refractivity contribution in [2.24, 2.45) is 0 Å². The molecule has 0 radical (unpaired) electrons. The summed E-state index contributed by atoms with van der Waals surface area (Å²) in [6.45, 7) is 1.81. The van der Waals surface area contributed by atoms with Crippen LogP contribution in [0.1, 0.15) is 5.56 Å². The van der Waals surface area contributed by atoms with Crippen molar-refractivity contribution >= 4 is 51.0 Å². The molecule has 29 heavy (non-hydrogen) atoms. The molecule has 148 valence electrons. The van der Waals surface area contributed by atoms with Gasteiger partial charge in [-0.15, -0.1) is 17.0 Å². The van der Waals surface area contributed by atoms with E-state index in [-0.39, 0.29) is 28.5 Å². The highest BCUT2D eigenvalue weighted by Gasteiger charge is 2.16. The number of phenolic OH excluding ortho intramolecular Hbond substituents is 1. The largest absolute Gasteiger partial charge is 0.506 e. The molecule has 4 aromatic rings. The number of para-hydroxylation sites is 2. The van der Waals surface area contributed by atoms with Crippen LogP contribution in [-0.4, -0.2) is 22.1 Å². The number of anilines is 4. The van der Waals surface area contributed by atoms with E-state index < -0.39 is 0 Å². The topological polar surface area (TPSA) is 61.3 Å². The predicted octanol–water partition coefficient (Wildman–Crippen LogP) is 5.87. The first-order valence-corrected chi connectivity index (χ1v) is 8.84. The molecule has 0 amide bonds. The summed E-state index contributed by atoms with van der Waals surface area (Å²) in [6.07, 6.45) is 0. The van der Waals surface area contributed by atoms with Gasteiger partial charge in [0.1, 0.15) is 22.9 Å². The van der Waals surface area contributed by atoms with Crippen LogP contribution in [0.4, 0.5) is 27.5 Å². The van der Waals surface area contributed by atoms with Crippen LogP contribution >= 0.6 is 17.0 Å². The number of nitrogens with zero attached hydrogens (tertiary/aromatic N) is 3. The zero-order valence-corrected chi connectivity index (χ0v) is 17.6. The average molecular weight is 455 g/mol. The quantitative estimate of drug-likeness (QED) is 0.403. The van der Waals surface area contributed by atoms with Gasteiger partial charge in [-0.1, -0.05) is 24.3 Å². The molecule has 4 rings (SSSR count). The van der Waals surface area contributed by atoms with E-state index in [1.165, 1.54) is 12.1 Å². The Labute approximate surface area is 178 Å². The Morgan fingerprint density at radius 2 is 1.72 bits per heavy atom. The molecule has 0 aliphatic carbocycles.